The van der Waals surface area contributed by atoms with Crippen LogP contribution in [0.3, 0.4) is 0 Å². The SMILES string of the molecule is c1ccc(-n2c3ccccc3c3ccc(-c4cccc(N(c5ccc6c(c5)c5ccccc5c5cc7c(cc65)oc5ccccc57)c5cccc6c5sc5ccccc56)c4)cc32)cc1. The van der Waals surface area contributed by atoms with Crippen LogP contribution < -0.4 is 4.90 Å². The van der Waals surface area contributed by atoms with Crippen molar-refractivity contribution in [3.05, 3.63) is 218 Å². The van der Waals surface area contributed by atoms with Crippen LogP contribution in [0.25, 0.3) is 113 Å². The van der Waals surface area contributed by atoms with Crippen molar-refractivity contribution in [2.24, 2.45) is 0 Å². The summed E-state index contributed by atoms with van der Waals surface area (Å²) < 4.78 is 11.4. The monoisotopic (exact) mass is 832 g/mol. The molecule has 0 aliphatic rings. The van der Waals surface area contributed by atoms with E-state index in [2.05, 4.69) is 222 Å². The van der Waals surface area contributed by atoms with Crippen LogP contribution in [0.2, 0.25) is 0 Å². The first-order valence-corrected chi connectivity index (χ1v) is 22.6. The third-order valence-corrected chi connectivity index (χ3v) is 14.5. The van der Waals surface area contributed by atoms with Crippen molar-refractivity contribution in [2.75, 3.05) is 4.90 Å². The summed E-state index contributed by atoms with van der Waals surface area (Å²) in [5, 5.41) is 14.6. The average molecular weight is 833 g/mol. The predicted molar refractivity (Wildman–Crippen MR) is 274 cm³/mol. The number of anilines is 3. The van der Waals surface area contributed by atoms with Crippen LogP contribution in [-0.4, -0.2) is 4.57 Å². The quantitative estimate of drug-likeness (QED) is 0.161. The number of thiophene rings is 1. The van der Waals surface area contributed by atoms with E-state index in [0.717, 1.165) is 50.3 Å². The van der Waals surface area contributed by atoms with Gasteiger partial charge >= 0.3 is 0 Å². The van der Waals surface area contributed by atoms with E-state index in [0.29, 0.717) is 0 Å². The normalized spacial score (nSPS) is 12.1. The zero-order valence-corrected chi connectivity index (χ0v) is 35.3. The molecule has 0 spiro atoms. The summed E-state index contributed by atoms with van der Waals surface area (Å²) in [4.78, 5) is 2.47. The number of nitrogens with zero attached hydrogens (tertiary/aromatic N) is 2. The van der Waals surface area contributed by atoms with E-state index in [4.69, 9.17) is 4.42 Å². The van der Waals surface area contributed by atoms with Crippen LogP contribution >= 0.6 is 11.3 Å². The van der Waals surface area contributed by atoms with Crippen molar-refractivity contribution >= 4 is 125 Å². The Morgan fingerprint density at radius 1 is 0.344 bits per heavy atom. The van der Waals surface area contributed by atoms with Gasteiger partial charge in [0.15, 0.2) is 0 Å². The van der Waals surface area contributed by atoms with Gasteiger partial charge in [-0.25, -0.2) is 0 Å². The molecule has 0 bridgehead atoms. The molecule has 0 saturated heterocycles. The first-order chi connectivity index (χ1) is 31.7. The van der Waals surface area contributed by atoms with Gasteiger partial charge in [0, 0.05) is 54.1 Å². The topological polar surface area (TPSA) is 21.3 Å². The zero-order chi connectivity index (χ0) is 41.9. The summed E-state index contributed by atoms with van der Waals surface area (Å²) in [7, 11) is 0. The van der Waals surface area contributed by atoms with Gasteiger partial charge in [0.05, 0.1) is 21.4 Å². The van der Waals surface area contributed by atoms with Gasteiger partial charge in [-0.05, 0) is 122 Å². The molecule has 14 rings (SSSR count). The Labute approximate surface area is 371 Å². The summed E-state index contributed by atoms with van der Waals surface area (Å²) in [5.74, 6) is 0. The molecular formula is C60H36N2OS. The Bertz CT molecular complexity index is 4210. The third-order valence-electron chi connectivity index (χ3n) is 13.3. The summed E-state index contributed by atoms with van der Waals surface area (Å²) in [6, 6.07) is 79.9. The molecule has 298 valence electrons. The second-order valence-corrected chi connectivity index (χ2v) is 17.9. The standard InChI is InChI=1S/C60H36N2OS/c1-2-15-39(16-3-1)62-54-24-9-6-20-45(54)46-30-28-38(33-56(46)62)37-14-12-17-40(32-37)61(55-25-13-23-49-48-22-8-11-27-59(48)64-60(49)55)41-29-31-44-50(34-41)42-18-4-5-19-43(42)51-35-53-47-21-7-10-26-57(47)63-58(53)36-52(44)51/h1-36H. The van der Waals surface area contributed by atoms with Gasteiger partial charge in [-0.1, -0.05) is 140 Å². The van der Waals surface area contributed by atoms with Crippen molar-refractivity contribution in [3.63, 3.8) is 0 Å². The van der Waals surface area contributed by atoms with Crippen molar-refractivity contribution in [1.82, 2.24) is 4.57 Å². The van der Waals surface area contributed by atoms with Gasteiger partial charge in [0.25, 0.3) is 0 Å². The lowest BCUT2D eigenvalue weighted by molar-refractivity contribution is 0.669. The van der Waals surface area contributed by atoms with E-state index in [1.165, 1.54) is 79.9 Å². The predicted octanol–water partition coefficient (Wildman–Crippen LogP) is 17.6. The lowest BCUT2D eigenvalue weighted by atomic mass is 9.92. The highest BCUT2D eigenvalue weighted by molar-refractivity contribution is 7.26. The molecule has 4 heteroatoms. The fraction of sp³-hybridized carbons (Fsp3) is 0. The van der Waals surface area contributed by atoms with Gasteiger partial charge < -0.3 is 13.9 Å². The minimum absolute atomic E-state index is 0.909. The van der Waals surface area contributed by atoms with Gasteiger partial charge in [0.1, 0.15) is 11.2 Å². The molecule has 0 fully saturated rings. The number of rotatable bonds is 5. The Morgan fingerprint density at radius 2 is 0.969 bits per heavy atom. The maximum absolute atomic E-state index is 6.47. The number of aromatic nitrogens is 1. The van der Waals surface area contributed by atoms with Crippen molar-refractivity contribution < 1.29 is 4.42 Å². The van der Waals surface area contributed by atoms with E-state index in [1.54, 1.807) is 0 Å². The van der Waals surface area contributed by atoms with Crippen LogP contribution in [0.15, 0.2) is 223 Å². The fourth-order valence-electron chi connectivity index (χ4n) is 10.5. The molecule has 0 radical (unpaired) electrons. The Hall–Kier alpha value is -8.18. The Balaban J connectivity index is 1.01. The van der Waals surface area contributed by atoms with E-state index in [1.807, 2.05) is 17.4 Å². The summed E-state index contributed by atoms with van der Waals surface area (Å²) in [5.41, 5.74) is 11.0. The number of benzene rings is 11. The van der Waals surface area contributed by atoms with Gasteiger partial charge in [-0.15, -0.1) is 11.3 Å². The molecule has 3 heterocycles. The molecule has 0 N–H and O–H groups in total. The molecule has 0 amide bonds. The molecule has 0 atom stereocenters. The van der Waals surface area contributed by atoms with Crippen molar-refractivity contribution in [1.29, 1.82) is 0 Å². The Morgan fingerprint density at radius 3 is 1.84 bits per heavy atom. The summed E-state index contributed by atoms with van der Waals surface area (Å²) >= 11 is 1.87. The van der Waals surface area contributed by atoms with Crippen LogP contribution in [0, 0.1) is 0 Å². The molecular weight excluding hydrogens is 797 g/mol. The maximum atomic E-state index is 6.47. The highest BCUT2D eigenvalue weighted by Crippen LogP contribution is 2.48. The van der Waals surface area contributed by atoms with E-state index < -0.39 is 0 Å². The summed E-state index contributed by atoms with van der Waals surface area (Å²) in [6.45, 7) is 0. The molecule has 64 heavy (non-hydrogen) atoms. The van der Waals surface area contributed by atoms with Gasteiger partial charge in [-0.2, -0.15) is 0 Å². The Kier molecular flexibility index (Phi) is 7.56. The van der Waals surface area contributed by atoms with E-state index in [-0.39, 0.29) is 0 Å². The van der Waals surface area contributed by atoms with Crippen LogP contribution in [-0.2, 0) is 0 Å². The maximum Gasteiger partial charge on any atom is 0.136 e. The fourth-order valence-corrected chi connectivity index (χ4v) is 11.7. The smallest absolute Gasteiger partial charge is 0.136 e. The molecule has 0 saturated carbocycles. The van der Waals surface area contributed by atoms with Crippen LogP contribution in [0.1, 0.15) is 0 Å². The molecule has 11 aromatic carbocycles. The molecule has 3 aromatic heterocycles. The number of furan rings is 1. The first-order valence-electron chi connectivity index (χ1n) is 21.8. The highest BCUT2D eigenvalue weighted by Gasteiger charge is 2.21. The molecule has 14 aromatic rings. The molecule has 0 aliphatic carbocycles. The number of hydrogen-bond acceptors (Lipinski definition) is 3. The highest BCUT2D eigenvalue weighted by atomic mass is 32.1. The third kappa shape index (κ3) is 5.21. The van der Waals surface area contributed by atoms with Gasteiger partial charge in [0.2, 0.25) is 0 Å². The van der Waals surface area contributed by atoms with Crippen LogP contribution in [0.5, 0.6) is 0 Å². The number of fused-ring (bicyclic) bond motifs is 15. The molecule has 0 aliphatic heterocycles. The zero-order valence-electron chi connectivity index (χ0n) is 34.5. The minimum Gasteiger partial charge on any atom is -0.456 e. The van der Waals surface area contributed by atoms with Crippen LogP contribution in [0.4, 0.5) is 17.1 Å². The van der Waals surface area contributed by atoms with E-state index >= 15 is 0 Å². The molecule has 0 unspecified atom stereocenters. The second kappa shape index (κ2) is 13.7. The van der Waals surface area contributed by atoms with E-state index in [9.17, 15) is 0 Å². The number of para-hydroxylation sites is 3. The lowest BCUT2D eigenvalue weighted by Gasteiger charge is -2.27. The largest absolute Gasteiger partial charge is 0.456 e. The number of hydrogen-bond donors (Lipinski definition) is 0. The lowest BCUT2D eigenvalue weighted by Crippen LogP contribution is -2.10. The first kappa shape index (κ1) is 35.4. The minimum atomic E-state index is 0.909. The average Bonchev–Trinajstić information content (AvgIpc) is 4.03. The second-order valence-electron chi connectivity index (χ2n) is 16.8. The molecule has 3 nitrogen and oxygen atoms in total. The summed E-state index contributed by atoms with van der Waals surface area (Å²) in [6.07, 6.45) is 0. The van der Waals surface area contributed by atoms with Gasteiger partial charge in [-0.3, -0.25) is 0 Å². The van der Waals surface area contributed by atoms with Crippen molar-refractivity contribution in [2.45, 2.75) is 0 Å². The van der Waals surface area contributed by atoms with Crippen molar-refractivity contribution in [3.8, 4) is 16.8 Å².